The topological polar surface area (TPSA) is 29.0 Å². The molecule has 1 aromatic heterocycles. The lowest BCUT2D eigenvalue weighted by Gasteiger charge is -2.11. The van der Waals surface area contributed by atoms with E-state index in [-0.39, 0.29) is 0 Å². The van der Waals surface area contributed by atoms with Gasteiger partial charge in [0.25, 0.3) is 0 Å². The summed E-state index contributed by atoms with van der Waals surface area (Å²) in [7, 11) is 3.78. The van der Waals surface area contributed by atoms with Crippen LogP contribution in [0.5, 0.6) is 0 Å². The normalized spacial score (nSPS) is 10.2. The van der Waals surface area contributed by atoms with Crippen molar-refractivity contribution in [2.24, 2.45) is 0 Å². The molecule has 0 fully saturated rings. The Morgan fingerprint density at radius 1 is 1.06 bits per heavy atom. The van der Waals surface area contributed by atoms with Crippen molar-refractivity contribution in [1.82, 2.24) is 9.97 Å². The van der Waals surface area contributed by atoms with Crippen LogP contribution in [-0.2, 0) is 0 Å². The van der Waals surface area contributed by atoms with E-state index in [9.17, 15) is 0 Å². The first kappa shape index (κ1) is 10.9. The van der Waals surface area contributed by atoms with Gasteiger partial charge in [-0.05, 0) is 0 Å². The van der Waals surface area contributed by atoms with E-state index in [1.54, 1.807) is 6.07 Å². The number of rotatable bonds is 2. The van der Waals surface area contributed by atoms with E-state index in [2.05, 4.69) is 9.97 Å². The molecule has 2 rings (SSSR count). The highest BCUT2D eigenvalue weighted by molar-refractivity contribution is 6.29. The monoisotopic (exact) mass is 233 g/mol. The zero-order valence-corrected chi connectivity index (χ0v) is 9.94. The zero-order chi connectivity index (χ0) is 11.5. The van der Waals surface area contributed by atoms with Crippen molar-refractivity contribution in [2.45, 2.75) is 0 Å². The van der Waals surface area contributed by atoms with Crippen molar-refractivity contribution in [3.05, 3.63) is 41.6 Å². The first-order chi connectivity index (χ1) is 7.66. The Balaban J connectivity index is 2.50. The van der Waals surface area contributed by atoms with E-state index in [4.69, 9.17) is 11.6 Å². The van der Waals surface area contributed by atoms with Crippen molar-refractivity contribution in [1.29, 1.82) is 0 Å². The second-order valence-electron chi connectivity index (χ2n) is 3.64. The summed E-state index contributed by atoms with van der Waals surface area (Å²) >= 11 is 5.97. The summed E-state index contributed by atoms with van der Waals surface area (Å²) in [6, 6.07) is 11.7. The SMILES string of the molecule is CN(C)c1nc(Cl)cc(-c2ccccc2)n1. The summed E-state index contributed by atoms with van der Waals surface area (Å²) in [6.45, 7) is 0. The lowest BCUT2D eigenvalue weighted by atomic mass is 10.1. The van der Waals surface area contributed by atoms with Crippen molar-refractivity contribution in [3.63, 3.8) is 0 Å². The molecule has 0 spiro atoms. The molecule has 16 heavy (non-hydrogen) atoms. The van der Waals surface area contributed by atoms with Crippen LogP contribution in [0.4, 0.5) is 5.95 Å². The molecule has 4 heteroatoms. The summed E-state index contributed by atoms with van der Waals surface area (Å²) in [5.41, 5.74) is 1.87. The quantitative estimate of drug-likeness (QED) is 0.747. The molecule has 0 unspecified atom stereocenters. The third-order valence-corrected chi connectivity index (χ3v) is 2.35. The van der Waals surface area contributed by atoms with Gasteiger partial charge in [0, 0.05) is 25.7 Å². The molecule has 0 aliphatic heterocycles. The van der Waals surface area contributed by atoms with Gasteiger partial charge in [-0.25, -0.2) is 9.97 Å². The Hall–Kier alpha value is -1.61. The summed E-state index contributed by atoms with van der Waals surface area (Å²) in [6.07, 6.45) is 0. The van der Waals surface area contributed by atoms with E-state index < -0.39 is 0 Å². The standard InChI is InChI=1S/C12H12ClN3/c1-16(2)12-14-10(8-11(13)15-12)9-6-4-3-5-7-9/h3-8H,1-2H3. The van der Waals surface area contributed by atoms with Gasteiger partial charge in [0.2, 0.25) is 5.95 Å². The van der Waals surface area contributed by atoms with E-state index in [1.807, 2.05) is 49.3 Å². The average Bonchev–Trinajstić information content (AvgIpc) is 2.29. The molecule has 0 radical (unpaired) electrons. The Labute approximate surface area is 99.7 Å². The number of anilines is 1. The lowest BCUT2D eigenvalue weighted by Crippen LogP contribution is -2.13. The van der Waals surface area contributed by atoms with Gasteiger partial charge in [-0.15, -0.1) is 0 Å². The number of aromatic nitrogens is 2. The maximum Gasteiger partial charge on any atom is 0.226 e. The molecule has 0 N–H and O–H groups in total. The van der Waals surface area contributed by atoms with Crippen LogP contribution in [0.3, 0.4) is 0 Å². The minimum Gasteiger partial charge on any atom is -0.347 e. The smallest absolute Gasteiger partial charge is 0.226 e. The van der Waals surface area contributed by atoms with Gasteiger partial charge < -0.3 is 4.90 Å². The van der Waals surface area contributed by atoms with Gasteiger partial charge in [-0.2, -0.15) is 0 Å². The number of nitrogens with zero attached hydrogens (tertiary/aromatic N) is 3. The minimum absolute atomic E-state index is 0.456. The molecule has 1 aromatic carbocycles. The molecule has 0 saturated heterocycles. The van der Waals surface area contributed by atoms with Crippen LogP contribution in [0.25, 0.3) is 11.3 Å². The van der Waals surface area contributed by atoms with Crippen molar-refractivity contribution in [2.75, 3.05) is 19.0 Å². The third-order valence-electron chi connectivity index (χ3n) is 2.15. The fraction of sp³-hybridized carbons (Fsp3) is 0.167. The van der Waals surface area contributed by atoms with Crippen molar-refractivity contribution < 1.29 is 0 Å². The van der Waals surface area contributed by atoms with Crippen LogP contribution >= 0.6 is 11.6 Å². The van der Waals surface area contributed by atoms with E-state index in [0.717, 1.165) is 11.3 Å². The molecule has 0 aliphatic rings. The maximum atomic E-state index is 5.97. The number of hydrogen-bond acceptors (Lipinski definition) is 3. The van der Waals surface area contributed by atoms with Gasteiger partial charge in [0.1, 0.15) is 5.15 Å². The van der Waals surface area contributed by atoms with Crippen molar-refractivity contribution >= 4 is 17.5 Å². The Morgan fingerprint density at radius 2 is 1.75 bits per heavy atom. The predicted molar refractivity (Wildman–Crippen MR) is 66.8 cm³/mol. The molecular weight excluding hydrogens is 222 g/mol. The molecule has 82 valence electrons. The summed E-state index contributed by atoms with van der Waals surface area (Å²) in [5, 5.41) is 0.456. The number of halogens is 1. The van der Waals surface area contributed by atoms with Gasteiger partial charge in [-0.3, -0.25) is 0 Å². The van der Waals surface area contributed by atoms with Crippen LogP contribution in [0, 0.1) is 0 Å². The molecule has 2 aromatic rings. The van der Waals surface area contributed by atoms with Gasteiger partial charge >= 0.3 is 0 Å². The molecular formula is C12H12ClN3. The zero-order valence-electron chi connectivity index (χ0n) is 9.18. The van der Waals surface area contributed by atoms with Crippen LogP contribution < -0.4 is 4.90 Å². The van der Waals surface area contributed by atoms with Gasteiger partial charge in [0.05, 0.1) is 5.69 Å². The van der Waals surface area contributed by atoms with E-state index in [0.29, 0.717) is 11.1 Å². The first-order valence-electron chi connectivity index (χ1n) is 4.94. The highest BCUT2D eigenvalue weighted by Gasteiger charge is 2.06. The van der Waals surface area contributed by atoms with E-state index >= 15 is 0 Å². The maximum absolute atomic E-state index is 5.97. The second kappa shape index (κ2) is 4.49. The Kier molecular flexibility index (Phi) is 3.06. The molecule has 0 bridgehead atoms. The van der Waals surface area contributed by atoms with Gasteiger partial charge in [0.15, 0.2) is 0 Å². The average molecular weight is 234 g/mol. The second-order valence-corrected chi connectivity index (χ2v) is 4.02. The fourth-order valence-electron chi connectivity index (χ4n) is 1.36. The van der Waals surface area contributed by atoms with Gasteiger partial charge in [-0.1, -0.05) is 41.9 Å². The summed E-state index contributed by atoms with van der Waals surface area (Å²) in [5.74, 6) is 0.617. The first-order valence-corrected chi connectivity index (χ1v) is 5.32. The van der Waals surface area contributed by atoms with E-state index in [1.165, 1.54) is 0 Å². The Morgan fingerprint density at radius 3 is 2.38 bits per heavy atom. The Bertz CT molecular complexity index is 483. The molecule has 3 nitrogen and oxygen atoms in total. The molecule has 1 heterocycles. The van der Waals surface area contributed by atoms with Crippen LogP contribution in [-0.4, -0.2) is 24.1 Å². The van der Waals surface area contributed by atoms with Crippen molar-refractivity contribution in [3.8, 4) is 11.3 Å². The number of hydrogen-bond donors (Lipinski definition) is 0. The lowest BCUT2D eigenvalue weighted by molar-refractivity contribution is 1.00. The third kappa shape index (κ3) is 2.31. The minimum atomic E-state index is 0.456. The fourth-order valence-corrected chi connectivity index (χ4v) is 1.54. The van der Waals surface area contributed by atoms with Crippen LogP contribution in [0.15, 0.2) is 36.4 Å². The molecule has 0 amide bonds. The van der Waals surface area contributed by atoms with Crippen LogP contribution in [0.2, 0.25) is 5.15 Å². The van der Waals surface area contributed by atoms with Crippen LogP contribution in [0.1, 0.15) is 0 Å². The highest BCUT2D eigenvalue weighted by atomic mass is 35.5. The molecule has 0 aliphatic carbocycles. The predicted octanol–water partition coefficient (Wildman–Crippen LogP) is 2.86. The molecule has 0 saturated carbocycles. The number of benzene rings is 1. The summed E-state index contributed by atoms with van der Waals surface area (Å²) < 4.78 is 0. The molecule has 0 atom stereocenters. The largest absolute Gasteiger partial charge is 0.347 e. The highest BCUT2D eigenvalue weighted by Crippen LogP contribution is 2.21. The summed E-state index contributed by atoms with van der Waals surface area (Å²) in [4.78, 5) is 10.4.